The largest absolute Gasteiger partial charge is 0.294 e. The van der Waals surface area contributed by atoms with E-state index in [-0.39, 0.29) is 10.7 Å². The van der Waals surface area contributed by atoms with Crippen molar-refractivity contribution in [2.45, 2.75) is 24.2 Å². The minimum absolute atomic E-state index is 0.00162. The highest BCUT2D eigenvalue weighted by atomic mass is 32.2. The number of carbonyl (C=O) groups is 1. The smallest absolute Gasteiger partial charge is 0.238 e. The number of ketones is 1. The van der Waals surface area contributed by atoms with Gasteiger partial charge in [0, 0.05) is 12.0 Å². The zero-order chi connectivity index (χ0) is 11.1. The Balaban J connectivity index is 2.70. The molecule has 2 N–H and O–H groups in total. The molecule has 5 heteroatoms. The fraction of sp³-hybridized carbons (Fsp3) is 0.300. The van der Waals surface area contributed by atoms with Crippen LogP contribution in [0.25, 0.3) is 0 Å². The van der Waals surface area contributed by atoms with Crippen LogP contribution in [0.5, 0.6) is 0 Å². The molecule has 0 saturated carbocycles. The molecule has 0 radical (unpaired) electrons. The molecule has 15 heavy (non-hydrogen) atoms. The van der Waals surface area contributed by atoms with Crippen LogP contribution in [0.4, 0.5) is 0 Å². The summed E-state index contributed by atoms with van der Waals surface area (Å²) < 4.78 is 22.6. The van der Waals surface area contributed by atoms with Crippen LogP contribution in [-0.4, -0.2) is 14.2 Å². The Labute approximate surface area is 88.1 Å². The molecule has 0 saturated heterocycles. The Morgan fingerprint density at radius 1 is 1.20 bits per heavy atom. The predicted molar refractivity (Wildman–Crippen MR) is 55.1 cm³/mol. The van der Waals surface area contributed by atoms with Gasteiger partial charge in [0.25, 0.3) is 0 Å². The molecule has 0 amide bonds. The van der Waals surface area contributed by atoms with Crippen LogP contribution in [-0.2, 0) is 16.4 Å². The third kappa shape index (κ3) is 1.80. The van der Waals surface area contributed by atoms with Gasteiger partial charge in [0.2, 0.25) is 10.0 Å². The van der Waals surface area contributed by atoms with Gasteiger partial charge in [0.15, 0.2) is 5.78 Å². The molecule has 0 aromatic heterocycles. The molecule has 2 rings (SSSR count). The maximum Gasteiger partial charge on any atom is 0.238 e. The number of fused-ring (bicyclic) bond motifs is 1. The molecule has 0 spiro atoms. The molecule has 1 aromatic rings. The van der Waals surface area contributed by atoms with Crippen LogP contribution in [0.2, 0.25) is 0 Å². The highest BCUT2D eigenvalue weighted by Crippen LogP contribution is 2.26. The first-order valence-electron chi connectivity index (χ1n) is 4.68. The Morgan fingerprint density at radius 3 is 2.60 bits per heavy atom. The summed E-state index contributed by atoms with van der Waals surface area (Å²) in [5, 5.41) is 5.09. The second-order valence-corrected chi connectivity index (χ2v) is 5.13. The molecule has 0 unspecified atom stereocenters. The number of primary sulfonamides is 1. The van der Waals surface area contributed by atoms with E-state index in [2.05, 4.69) is 0 Å². The van der Waals surface area contributed by atoms with E-state index in [1.165, 1.54) is 6.07 Å². The van der Waals surface area contributed by atoms with E-state index in [9.17, 15) is 13.2 Å². The fourth-order valence-electron chi connectivity index (χ4n) is 1.91. The molecule has 1 aliphatic carbocycles. The van der Waals surface area contributed by atoms with Crippen LogP contribution in [0.15, 0.2) is 23.1 Å². The standard InChI is InChI=1S/C10H11NO3S/c11-15(13,14)10-6-2-3-7-8(10)4-1-5-9(7)12/h2-3,6H,1,4-5H2,(H2,11,13,14). The minimum atomic E-state index is -3.72. The predicted octanol–water partition coefficient (Wildman–Crippen LogP) is 0.853. The van der Waals surface area contributed by atoms with Gasteiger partial charge in [0.1, 0.15) is 0 Å². The molecule has 4 nitrogen and oxygen atoms in total. The number of hydrogen-bond acceptors (Lipinski definition) is 3. The third-order valence-corrected chi connectivity index (χ3v) is 3.57. The fourth-order valence-corrected chi connectivity index (χ4v) is 2.74. The van der Waals surface area contributed by atoms with Crippen molar-refractivity contribution in [3.05, 3.63) is 29.3 Å². The summed E-state index contributed by atoms with van der Waals surface area (Å²) in [6.45, 7) is 0. The number of Topliss-reactive ketones (excluding diaryl/α,β-unsaturated/α-hetero) is 1. The van der Waals surface area contributed by atoms with E-state index in [4.69, 9.17) is 5.14 Å². The van der Waals surface area contributed by atoms with Crippen LogP contribution in [0.3, 0.4) is 0 Å². The van der Waals surface area contributed by atoms with Gasteiger partial charge in [-0.1, -0.05) is 12.1 Å². The number of hydrogen-bond donors (Lipinski definition) is 1. The van der Waals surface area contributed by atoms with Crippen LogP contribution >= 0.6 is 0 Å². The molecule has 0 aliphatic heterocycles. The van der Waals surface area contributed by atoms with E-state index in [1.807, 2.05) is 0 Å². The van der Waals surface area contributed by atoms with Crippen molar-refractivity contribution >= 4 is 15.8 Å². The Morgan fingerprint density at radius 2 is 1.93 bits per heavy atom. The van der Waals surface area contributed by atoms with Gasteiger partial charge < -0.3 is 0 Å². The lowest BCUT2D eigenvalue weighted by atomic mass is 9.91. The van der Waals surface area contributed by atoms with E-state index in [0.717, 1.165) is 0 Å². The van der Waals surface area contributed by atoms with Gasteiger partial charge in [0.05, 0.1) is 4.90 Å². The second-order valence-electron chi connectivity index (χ2n) is 3.60. The van der Waals surface area contributed by atoms with Gasteiger partial charge in [-0.25, -0.2) is 13.6 Å². The number of benzene rings is 1. The Bertz CT molecular complexity index is 519. The zero-order valence-electron chi connectivity index (χ0n) is 8.06. The van der Waals surface area contributed by atoms with Crippen molar-refractivity contribution in [3.63, 3.8) is 0 Å². The van der Waals surface area contributed by atoms with E-state index >= 15 is 0 Å². The summed E-state index contributed by atoms with van der Waals surface area (Å²) >= 11 is 0. The van der Waals surface area contributed by atoms with Crippen molar-refractivity contribution in [2.75, 3.05) is 0 Å². The van der Waals surface area contributed by atoms with Crippen molar-refractivity contribution in [1.29, 1.82) is 0 Å². The number of carbonyl (C=O) groups excluding carboxylic acids is 1. The first kappa shape index (κ1) is 10.3. The highest BCUT2D eigenvalue weighted by molar-refractivity contribution is 7.89. The first-order valence-corrected chi connectivity index (χ1v) is 6.22. The SMILES string of the molecule is NS(=O)(=O)c1cccc2c1CCCC2=O. The highest BCUT2D eigenvalue weighted by Gasteiger charge is 2.23. The van der Waals surface area contributed by atoms with Crippen molar-refractivity contribution in [3.8, 4) is 0 Å². The average molecular weight is 225 g/mol. The van der Waals surface area contributed by atoms with Crippen molar-refractivity contribution < 1.29 is 13.2 Å². The second kappa shape index (κ2) is 3.43. The van der Waals surface area contributed by atoms with Crippen LogP contribution in [0, 0.1) is 0 Å². The normalized spacial score (nSPS) is 16.2. The first-order chi connectivity index (χ1) is 7.00. The molecule has 0 heterocycles. The molecule has 0 atom stereocenters. The minimum Gasteiger partial charge on any atom is -0.294 e. The molecule has 1 aromatic carbocycles. The van der Waals surface area contributed by atoms with Gasteiger partial charge >= 0.3 is 0 Å². The Hall–Kier alpha value is -1.20. The molecular formula is C10H11NO3S. The topological polar surface area (TPSA) is 77.2 Å². The zero-order valence-corrected chi connectivity index (χ0v) is 8.88. The summed E-state index contributed by atoms with van der Waals surface area (Å²) in [5.74, 6) is 0.00162. The Kier molecular flexibility index (Phi) is 2.36. The maximum absolute atomic E-state index is 11.5. The van der Waals surface area contributed by atoms with Gasteiger partial charge in [-0.15, -0.1) is 0 Å². The van der Waals surface area contributed by atoms with E-state index in [1.54, 1.807) is 12.1 Å². The molecule has 0 fully saturated rings. The summed E-state index contributed by atoms with van der Waals surface area (Å²) in [4.78, 5) is 11.6. The summed E-state index contributed by atoms with van der Waals surface area (Å²) in [5.41, 5.74) is 1.09. The monoisotopic (exact) mass is 225 g/mol. The summed E-state index contributed by atoms with van der Waals surface area (Å²) in [6, 6.07) is 4.67. The van der Waals surface area contributed by atoms with E-state index in [0.29, 0.717) is 30.4 Å². The average Bonchev–Trinajstić information content (AvgIpc) is 2.16. The number of rotatable bonds is 1. The molecule has 80 valence electrons. The van der Waals surface area contributed by atoms with Crippen molar-refractivity contribution in [2.24, 2.45) is 5.14 Å². The lowest BCUT2D eigenvalue weighted by Crippen LogP contribution is -2.19. The molecule has 1 aliphatic rings. The summed E-state index contributed by atoms with van der Waals surface area (Å²) in [7, 11) is -3.72. The maximum atomic E-state index is 11.5. The van der Waals surface area contributed by atoms with Crippen LogP contribution < -0.4 is 5.14 Å². The van der Waals surface area contributed by atoms with Crippen molar-refractivity contribution in [1.82, 2.24) is 0 Å². The van der Waals surface area contributed by atoms with E-state index < -0.39 is 10.0 Å². The number of sulfonamides is 1. The van der Waals surface area contributed by atoms with Gasteiger partial charge in [-0.2, -0.15) is 0 Å². The quantitative estimate of drug-likeness (QED) is 0.769. The number of nitrogens with two attached hydrogens (primary N) is 1. The molecular weight excluding hydrogens is 214 g/mol. The molecule has 0 bridgehead atoms. The lowest BCUT2D eigenvalue weighted by Gasteiger charge is -2.16. The third-order valence-electron chi connectivity index (χ3n) is 2.57. The van der Waals surface area contributed by atoms with Crippen LogP contribution in [0.1, 0.15) is 28.8 Å². The summed E-state index contributed by atoms with van der Waals surface area (Å²) in [6.07, 6.45) is 1.78. The van der Waals surface area contributed by atoms with Gasteiger partial charge in [-0.05, 0) is 24.5 Å². The lowest BCUT2D eigenvalue weighted by molar-refractivity contribution is 0.0972. The van der Waals surface area contributed by atoms with Gasteiger partial charge in [-0.3, -0.25) is 4.79 Å².